The Kier molecular flexibility index (Phi) is 7.54. The Morgan fingerprint density at radius 1 is 0.271 bits per heavy atom. The van der Waals surface area contributed by atoms with Crippen LogP contribution in [0, 0.1) is 0 Å². The van der Waals surface area contributed by atoms with Gasteiger partial charge in [-0.2, -0.15) is 0 Å². The summed E-state index contributed by atoms with van der Waals surface area (Å²) in [5, 5.41) is 9.33. The van der Waals surface area contributed by atoms with Gasteiger partial charge in [0, 0.05) is 38.5 Å². The van der Waals surface area contributed by atoms with Crippen LogP contribution in [0.5, 0.6) is 0 Å². The molecule has 12 aromatic rings. The van der Waals surface area contributed by atoms with Gasteiger partial charge in [0.1, 0.15) is 22.3 Å². The maximum Gasteiger partial charge on any atom is 0.136 e. The molecular weight excluding hydrogens is 719 g/mol. The zero-order chi connectivity index (χ0) is 38.9. The van der Waals surface area contributed by atoms with E-state index in [1.165, 1.54) is 27.1 Å². The third-order valence-electron chi connectivity index (χ3n) is 11.8. The van der Waals surface area contributed by atoms with Gasteiger partial charge in [-0.25, -0.2) is 0 Å². The van der Waals surface area contributed by atoms with Gasteiger partial charge < -0.3 is 13.7 Å². The van der Waals surface area contributed by atoms with Crippen LogP contribution in [-0.2, 0) is 0 Å². The van der Waals surface area contributed by atoms with E-state index in [0.717, 1.165) is 88.8 Å². The largest absolute Gasteiger partial charge is 0.456 e. The van der Waals surface area contributed by atoms with Crippen LogP contribution >= 0.6 is 0 Å². The number of anilines is 3. The van der Waals surface area contributed by atoms with Gasteiger partial charge in [-0.05, 0) is 128 Å². The number of para-hydroxylation sites is 2. The standard InChI is InChI=1S/C56H35NO2/c1-2-11-38-30-42(21-20-36(38)10-1)39-14-9-15-46(31-39)57(45-26-22-37(23-27-45)43-24-28-49-48-17-6-8-19-53(48)58-55(49)35-43)52-18-7-5-16-47(52)44-25-29-54-50(33-44)51-32-40-12-3-4-13-41(40)34-56(51)59-54/h1-35H. The summed E-state index contributed by atoms with van der Waals surface area (Å²) in [4.78, 5) is 2.39. The molecule has 276 valence electrons. The van der Waals surface area contributed by atoms with E-state index in [4.69, 9.17) is 8.83 Å². The third kappa shape index (κ3) is 5.67. The molecule has 0 aliphatic heterocycles. The smallest absolute Gasteiger partial charge is 0.136 e. The van der Waals surface area contributed by atoms with E-state index in [9.17, 15) is 0 Å². The molecule has 0 bridgehead atoms. The zero-order valence-electron chi connectivity index (χ0n) is 32.0. The third-order valence-corrected chi connectivity index (χ3v) is 11.8. The monoisotopic (exact) mass is 753 g/mol. The molecule has 10 aromatic carbocycles. The van der Waals surface area contributed by atoms with Crippen LogP contribution in [0.2, 0.25) is 0 Å². The van der Waals surface area contributed by atoms with Crippen molar-refractivity contribution in [2.75, 3.05) is 4.90 Å². The van der Waals surface area contributed by atoms with Gasteiger partial charge in [-0.3, -0.25) is 0 Å². The van der Waals surface area contributed by atoms with E-state index in [1.807, 2.05) is 12.1 Å². The maximum atomic E-state index is 6.42. The highest BCUT2D eigenvalue weighted by Gasteiger charge is 2.20. The lowest BCUT2D eigenvalue weighted by molar-refractivity contribution is 0.669. The molecule has 0 fully saturated rings. The lowest BCUT2D eigenvalue weighted by atomic mass is 9.98. The summed E-state index contributed by atoms with van der Waals surface area (Å²) in [5.41, 5.74) is 13.6. The molecule has 0 aliphatic carbocycles. The van der Waals surface area contributed by atoms with Gasteiger partial charge in [0.2, 0.25) is 0 Å². The van der Waals surface area contributed by atoms with E-state index in [1.54, 1.807) is 0 Å². The van der Waals surface area contributed by atoms with Crippen molar-refractivity contribution >= 4 is 82.5 Å². The molecule has 12 rings (SSSR count). The molecule has 0 N–H and O–H groups in total. The first-order valence-electron chi connectivity index (χ1n) is 20.1. The molecule has 2 aromatic heterocycles. The number of rotatable bonds is 6. The molecule has 0 saturated heterocycles. The number of benzene rings is 10. The molecule has 0 radical (unpaired) electrons. The summed E-state index contributed by atoms with van der Waals surface area (Å²) in [6.45, 7) is 0. The summed E-state index contributed by atoms with van der Waals surface area (Å²) in [6, 6.07) is 76.0. The molecular formula is C56H35NO2. The summed E-state index contributed by atoms with van der Waals surface area (Å²) in [6.07, 6.45) is 0. The van der Waals surface area contributed by atoms with Gasteiger partial charge in [0.15, 0.2) is 0 Å². The van der Waals surface area contributed by atoms with Crippen molar-refractivity contribution in [1.82, 2.24) is 0 Å². The number of fused-ring (bicyclic) bond motifs is 8. The van der Waals surface area contributed by atoms with Crippen LogP contribution in [0.15, 0.2) is 221 Å². The highest BCUT2D eigenvalue weighted by molar-refractivity contribution is 6.11. The Morgan fingerprint density at radius 3 is 1.73 bits per heavy atom. The van der Waals surface area contributed by atoms with E-state index >= 15 is 0 Å². The van der Waals surface area contributed by atoms with E-state index in [0.29, 0.717) is 0 Å². The second-order valence-electron chi connectivity index (χ2n) is 15.3. The average Bonchev–Trinajstić information content (AvgIpc) is 3.85. The molecule has 0 atom stereocenters. The van der Waals surface area contributed by atoms with Crippen LogP contribution in [0.3, 0.4) is 0 Å². The fourth-order valence-corrected chi connectivity index (χ4v) is 8.87. The zero-order valence-corrected chi connectivity index (χ0v) is 32.0. The second-order valence-corrected chi connectivity index (χ2v) is 15.3. The number of furan rings is 2. The minimum atomic E-state index is 0.882. The topological polar surface area (TPSA) is 29.5 Å². The highest BCUT2D eigenvalue weighted by atomic mass is 16.3. The molecule has 0 amide bonds. The van der Waals surface area contributed by atoms with Crippen LogP contribution in [0.4, 0.5) is 17.1 Å². The van der Waals surface area contributed by atoms with Gasteiger partial charge in [0.25, 0.3) is 0 Å². The fourth-order valence-electron chi connectivity index (χ4n) is 8.87. The fraction of sp³-hybridized carbons (Fsp3) is 0. The molecule has 59 heavy (non-hydrogen) atoms. The minimum Gasteiger partial charge on any atom is -0.456 e. The van der Waals surface area contributed by atoms with E-state index in [-0.39, 0.29) is 0 Å². The van der Waals surface area contributed by atoms with Crippen molar-refractivity contribution < 1.29 is 8.83 Å². The van der Waals surface area contributed by atoms with Crippen molar-refractivity contribution in [3.8, 4) is 33.4 Å². The predicted octanol–water partition coefficient (Wildman–Crippen LogP) is 16.3. The Balaban J connectivity index is 1.00. The first-order valence-corrected chi connectivity index (χ1v) is 20.1. The van der Waals surface area contributed by atoms with Gasteiger partial charge in [0.05, 0.1) is 5.69 Å². The van der Waals surface area contributed by atoms with Gasteiger partial charge >= 0.3 is 0 Å². The van der Waals surface area contributed by atoms with Crippen molar-refractivity contribution in [3.05, 3.63) is 212 Å². The Bertz CT molecular complexity index is 3570. The quantitative estimate of drug-likeness (QED) is 0.169. The summed E-state index contributed by atoms with van der Waals surface area (Å²) in [5.74, 6) is 0. The average molecular weight is 754 g/mol. The summed E-state index contributed by atoms with van der Waals surface area (Å²) in [7, 11) is 0. The van der Waals surface area contributed by atoms with Crippen LogP contribution in [0.1, 0.15) is 0 Å². The number of nitrogens with zero attached hydrogens (tertiary/aromatic N) is 1. The van der Waals surface area contributed by atoms with E-state index < -0.39 is 0 Å². The Morgan fingerprint density at radius 2 is 0.864 bits per heavy atom. The minimum absolute atomic E-state index is 0.882. The molecule has 0 spiro atoms. The first kappa shape index (κ1) is 33.3. The summed E-state index contributed by atoms with van der Waals surface area (Å²) >= 11 is 0. The van der Waals surface area contributed by atoms with Crippen LogP contribution in [0.25, 0.3) is 98.8 Å². The maximum absolute atomic E-state index is 6.42. The molecule has 2 heterocycles. The highest BCUT2D eigenvalue weighted by Crippen LogP contribution is 2.44. The SMILES string of the molecule is c1cc(-c2ccc3ccccc3c2)cc(N(c2ccc(-c3ccc4c(c3)oc3ccccc34)cc2)c2ccccc2-c2ccc3oc4cc5ccccc5cc4c3c2)c1. The molecule has 0 saturated carbocycles. The van der Waals surface area contributed by atoms with Crippen molar-refractivity contribution in [2.24, 2.45) is 0 Å². The first-order chi connectivity index (χ1) is 29.2. The van der Waals surface area contributed by atoms with Crippen LogP contribution in [-0.4, -0.2) is 0 Å². The van der Waals surface area contributed by atoms with Crippen molar-refractivity contribution in [1.29, 1.82) is 0 Å². The molecule has 0 aliphatic rings. The molecule has 3 heteroatoms. The van der Waals surface area contributed by atoms with Gasteiger partial charge in [-0.1, -0.05) is 133 Å². The molecule has 3 nitrogen and oxygen atoms in total. The van der Waals surface area contributed by atoms with E-state index in [2.05, 4.69) is 205 Å². The van der Waals surface area contributed by atoms with Crippen LogP contribution < -0.4 is 4.90 Å². The number of hydrogen-bond acceptors (Lipinski definition) is 3. The summed E-state index contributed by atoms with van der Waals surface area (Å²) < 4.78 is 12.7. The second kappa shape index (κ2) is 13.4. The normalized spacial score (nSPS) is 11.7. The van der Waals surface area contributed by atoms with Crippen molar-refractivity contribution in [2.45, 2.75) is 0 Å². The Labute approximate surface area is 340 Å². The lowest BCUT2D eigenvalue weighted by Crippen LogP contribution is -2.11. The lowest BCUT2D eigenvalue weighted by Gasteiger charge is -2.28. The Hall–Kier alpha value is -7.88. The van der Waals surface area contributed by atoms with Crippen molar-refractivity contribution in [3.63, 3.8) is 0 Å². The van der Waals surface area contributed by atoms with Gasteiger partial charge in [-0.15, -0.1) is 0 Å². The molecule has 0 unspecified atom stereocenters. The number of hydrogen-bond donors (Lipinski definition) is 0. The predicted molar refractivity (Wildman–Crippen MR) is 247 cm³/mol.